The monoisotopic (exact) mass is 274 g/mol. The van der Waals surface area contributed by atoms with E-state index in [4.69, 9.17) is 23.2 Å². The first-order valence-electron chi connectivity index (χ1n) is 5.83. The van der Waals surface area contributed by atoms with Crippen molar-refractivity contribution in [1.29, 1.82) is 0 Å². The highest BCUT2D eigenvalue weighted by Crippen LogP contribution is 2.29. The zero-order chi connectivity index (χ0) is 12.4. The van der Waals surface area contributed by atoms with Gasteiger partial charge in [-0.2, -0.15) is 0 Å². The van der Waals surface area contributed by atoms with Gasteiger partial charge in [-0.1, -0.05) is 23.2 Å². The van der Waals surface area contributed by atoms with Crippen LogP contribution >= 0.6 is 23.2 Å². The number of rotatable bonds is 2. The van der Waals surface area contributed by atoms with Crippen molar-refractivity contribution in [2.45, 2.75) is 44.8 Å². The topological polar surface area (TPSA) is 45.2 Å². The van der Waals surface area contributed by atoms with Crippen molar-refractivity contribution in [2.24, 2.45) is 0 Å². The summed E-state index contributed by atoms with van der Waals surface area (Å²) in [5.74, 6) is 0. The molecule has 1 aliphatic carbocycles. The number of halogens is 2. The molecule has 0 amide bonds. The molecule has 17 heavy (non-hydrogen) atoms. The Morgan fingerprint density at radius 1 is 1.29 bits per heavy atom. The predicted molar refractivity (Wildman–Crippen MR) is 70.9 cm³/mol. The molecule has 5 heteroatoms. The molecule has 0 atom stereocenters. The van der Waals surface area contributed by atoms with Crippen molar-refractivity contribution in [3.8, 4) is 0 Å². The molecule has 3 nitrogen and oxygen atoms in total. The molecule has 0 radical (unpaired) electrons. The summed E-state index contributed by atoms with van der Waals surface area (Å²) in [4.78, 5) is 4.03. The normalized spacial score (nSPS) is 24.7. The zero-order valence-electron chi connectivity index (χ0n) is 9.71. The van der Waals surface area contributed by atoms with Gasteiger partial charge in [-0.25, -0.2) is 4.98 Å². The van der Waals surface area contributed by atoms with Gasteiger partial charge in [0.25, 0.3) is 0 Å². The van der Waals surface area contributed by atoms with Crippen molar-refractivity contribution in [3.05, 3.63) is 21.9 Å². The van der Waals surface area contributed by atoms with Crippen molar-refractivity contribution in [1.82, 2.24) is 4.98 Å². The van der Waals surface area contributed by atoms with Crippen molar-refractivity contribution in [3.63, 3.8) is 0 Å². The molecule has 0 aromatic carbocycles. The lowest BCUT2D eigenvalue weighted by molar-refractivity contribution is 0.126. The van der Waals surface area contributed by atoms with Gasteiger partial charge in [-0.3, -0.25) is 0 Å². The lowest BCUT2D eigenvalue weighted by Crippen LogP contribution is -2.28. The minimum Gasteiger partial charge on any atom is -0.393 e. The highest BCUT2D eigenvalue weighted by atomic mass is 35.5. The Bertz CT molecular complexity index is 380. The number of hydrogen-bond donors (Lipinski definition) is 2. The second-order valence-corrected chi connectivity index (χ2v) is 5.32. The Hall–Kier alpha value is -0.510. The Morgan fingerprint density at radius 3 is 2.53 bits per heavy atom. The molecule has 1 aromatic rings. The van der Waals surface area contributed by atoms with Gasteiger partial charge in [-0.15, -0.1) is 0 Å². The molecule has 1 saturated carbocycles. The summed E-state index contributed by atoms with van der Waals surface area (Å²) >= 11 is 11.9. The fourth-order valence-electron chi connectivity index (χ4n) is 2.19. The summed E-state index contributed by atoms with van der Waals surface area (Å²) < 4.78 is 0. The fraction of sp³-hybridized carbons (Fsp3) is 0.583. The molecule has 0 spiro atoms. The SMILES string of the molecule is Cc1cc(Cl)nc(Cl)c1NC1CCC(O)CC1. The van der Waals surface area contributed by atoms with Crippen LogP contribution in [0.1, 0.15) is 31.2 Å². The van der Waals surface area contributed by atoms with Crippen LogP contribution in [0.2, 0.25) is 10.3 Å². The van der Waals surface area contributed by atoms with Gasteiger partial charge < -0.3 is 10.4 Å². The van der Waals surface area contributed by atoms with Crippen LogP contribution in [-0.4, -0.2) is 22.2 Å². The summed E-state index contributed by atoms with van der Waals surface area (Å²) in [6.45, 7) is 1.96. The van der Waals surface area contributed by atoms with Crippen LogP contribution < -0.4 is 5.32 Å². The third-order valence-corrected chi connectivity index (χ3v) is 3.65. The van der Waals surface area contributed by atoms with Crippen LogP contribution in [0.4, 0.5) is 5.69 Å². The molecule has 1 aromatic heterocycles. The minimum atomic E-state index is -0.145. The molecule has 0 bridgehead atoms. The highest BCUT2D eigenvalue weighted by Gasteiger charge is 2.20. The van der Waals surface area contributed by atoms with E-state index >= 15 is 0 Å². The smallest absolute Gasteiger partial charge is 0.154 e. The summed E-state index contributed by atoms with van der Waals surface area (Å²) in [6.07, 6.45) is 3.46. The average molecular weight is 275 g/mol. The van der Waals surface area contributed by atoms with Crippen molar-refractivity contribution < 1.29 is 5.11 Å². The van der Waals surface area contributed by atoms with E-state index in [1.807, 2.05) is 6.92 Å². The maximum Gasteiger partial charge on any atom is 0.154 e. The van der Waals surface area contributed by atoms with Crippen LogP contribution in [0.15, 0.2) is 6.07 Å². The number of hydrogen-bond acceptors (Lipinski definition) is 3. The zero-order valence-corrected chi connectivity index (χ0v) is 11.2. The van der Waals surface area contributed by atoms with Crippen molar-refractivity contribution in [2.75, 3.05) is 5.32 Å². The van der Waals surface area contributed by atoms with Gasteiger partial charge in [0.1, 0.15) is 5.15 Å². The molecule has 0 unspecified atom stereocenters. The summed E-state index contributed by atoms with van der Waals surface area (Å²) in [7, 11) is 0. The van der Waals surface area contributed by atoms with Gasteiger partial charge in [0.15, 0.2) is 5.15 Å². The molecule has 94 valence electrons. The number of aromatic nitrogens is 1. The van der Waals surface area contributed by atoms with Crippen LogP contribution in [-0.2, 0) is 0 Å². The number of pyridine rings is 1. The van der Waals surface area contributed by atoms with E-state index in [1.54, 1.807) is 6.07 Å². The van der Waals surface area contributed by atoms with E-state index < -0.39 is 0 Å². The quantitative estimate of drug-likeness (QED) is 0.813. The second kappa shape index (κ2) is 5.42. The molecule has 0 saturated heterocycles. The van der Waals surface area contributed by atoms with Crippen LogP contribution in [0.25, 0.3) is 0 Å². The van der Waals surface area contributed by atoms with Gasteiger partial charge in [0.05, 0.1) is 11.8 Å². The van der Waals surface area contributed by atoms with E-state index in [0.29, 0.717) is 16.3 Å². The van der Waals surface area contributed by atoms with Gasteiger partial charge in [-0.05, 0) is 44.2 Å². The van der Waals surface area contributed by atoms with E-state index in [1.165, 1.54) is 0 Å². The molecule has 1 aliphatic rings. The molecule has 1 fully saturated rings. The minimum absolute atomic E-state index is 0.145. The number of aliphatic hydroxyl groups excluding tert-OH is 1. The molecular weight excluding hydrogens is 259 g/mol. The third kappa shape index (κ3) is 3.24. The molecule has 0 aliphatic heterocycles. The summed E-state index contributed by atoms with van der Waals surface area (Å²) in [5.41, 5.74) is 1.86. The molecule has 1 heterocycles. The third-order valence-electron chi connectivity index (χ3n) is 3.19. The number of nitrogens with zero attached hydrogens (tertiary/aromatic N) is 1. The first kappa shape index (κ1) is 12.9. The molecular formula is C12H16Cl2N2O. The Morgan fingerprint density at radius 2 is 1.94 bits per heavy atom. The van der Waals surface area contributed by atoms with Gasteiger partial charge in [0, 0.05) is 6.04 Å². The average Bonchev–Trinajstić information content (AvgIpc) is 2.26. The lowest BCUT2D eigenvalue weighted by Gasteiger charge is -2.27. The maximum absolute atomic E-state index is 9.45. The second-order valence-electron chi connectivity index (χ2n) is 4.58. The van der Waals surface area contributed by atoms with Crippen LogP contribution in [0, 0.1) is 6.92 Å². The summed E-state index contributed by atoms with van der Waals surface area (Å²) in [6, 6.07) is 2.16. The maximum atomic E-state index is 9.45. The lowest BCUT2D eigenvalue weighted by atomic mass is 9.93. The Kier molecular flexibility index (Phi) is 4.13. The number of aliphatic hydroxyl groups is 1. The molecule has 2 rings (SSSR count). The van der Waals surface area contributed by atoms with E-state index in [-0.39, 0.29) is 6.10 Å². The van der Waals surface area contributed by atoms with E-state index in [0.717, 1.165) is 36.9 Å². The number of aryl methyl sites for hydroxylation is 1. The predicted octanol–water partition coefficient (Wildman–Crippen LogP) is 3.41. The Balaban J connectivity index is 2.08. The van der Waals surface area contributed by atoms with Gasteiger partial charge >= 0.3 is 0 Å². The Labute approximate surface area is 111 Å². The standard InChI is InChI=1S/C12H16Cl2N2O/c1-7-6-10(13)16-12(14)11(7)15-8-2-4-9(17)5-3-8/h6,8-9,15,17H,2-5H2,1H3. The van der Waals surface area contributed by atoms with Crippen molar-refractivity contribution >= 4 is 28.9 Å². The van der Waals surface area contributed by atoms with Crippen LogP contribution in [0.5, 0.6) is 0 Å². The first-order chi connectivity index (χ1) is 8.06. The summed E-state index contributed by atoms with van der Waals surface area (Å²) in [5, 5.41) is 13.7. The van der Waals surface area contributed by atoms with E-state index in [9.17, 15) is 5.11 Å². The highest BCUT2D eigenvalue weighted by molar-refractivity contribution is 6.34. The number of nitrogens with one attached hydrogen (secondary N) is 1. The largest absolute Gasteiger partial charge is 0.393 e. The fourth-order valence-corrected chi connectivity index (χ4v) is 2.78. The van der Waals surface area contributed by atoms with E-state index in [2.05, 4.69) is 10.3 Å². The first-order valence-corrected chi connectivity index (χ1v) is 6.59. The van der Waals surface area contributed by atoms with Crippen LogP contribution in [0.3, 0.4) is 0 Å². The molecule has 2 N–H and O–H groups in total. The van der Waals surface area contributed by atoms with Gasteiger partial charge in [0.2, 0.25) is 0 Å². The number of anilines is 1.